The maximum absolute atomic E-state index is 4.27. The molecule has 0 saturated carbocycles. The van der Waals surface area contributed by atoms with Gasteiger partial charge in [-0.05, 0) is 18.4 Å². The Bertz CT molecular complexity index is 405. The van der Waals surface area contributed by atoms with Crippen molar-refractivity contribution in [2.24, 2.45) is 0 Å². The van der Waals surface area contributed by atoms with Crippen molar-refractivity contribution in [2.45, 2.75) is 32.6 Å². The second kappa shape index (κ2) is 4.56. The standard InChI is InChI=1S/C12H14NS/c1-2-3-4-6-10-7-5-8-11-12(10)14-9-13-11/h5,7,9H,2-4,6H2,1H3. The van der Waals surface area contributed by atoms with Crippen molar-refractivity contribution in [3.63, 3.8) is 0 Å². The summed E-state index contributed by atoms with van der Waals surface area (Å²) in [4.78, 5) is 4.27. The van der Waals surface area contributed by atoms with E-state index in [4.69, 9.17) is 0 Å². The molecular weight excluding hydrogens is 190 g/mol. The average Bonchev–Trinajstić information content (AvgIpc) is 2.67. The van der Waals surface area contributed by atoms with Gasteiger partial charge in [0.15, 0.2) is 0 Å². The number of benzene rings is 1. The van der Waals surface area contributed by atoms with E-state index in [2.05, 4.69) is 24.0 Å². The molecule has 0 aliphatic heterocycles. The zero-order valence-electron chi connectivity index (χ0n) is 8.42. The molecule has 0 aliphatic carbocycles. The first-order chi connectivity index (χ1) is 6.92. The van der Waals surface area contributed by atoms with E-state index in [0.717, 1.165) is 5.52 Å². The maximum atomic E-state index is 4.27. The molecule has 0 aliphatic rings. The van der Waals surface area contributed by atoms with Crippen LogP contribution in [0, 0.1) is 6.07 Å². The Morgan fingerprint density at radius 1 is 1.43 bits per heavy atom. The number of aryl methyl sites for hydroxylation is 1. The zero-order valence-corrected chi connectivity index (χ0v) is 9.23. The molecule has 1 aromatic heterocycles. The molecule has 0 atom stereocenters. The first-order valence-corrected chi connectivity index (χ1v) is 6.02. The van der Waals surface area contributed by atoms with Crippen LogP contribution in [0.25, 0.3) is 10.2 Å². The van der Waals surface area contributed by atoms with E-state index in [1.807, 2.05) is 11.6 Å². The van der Waals surface area contributed by atoms with E-state index in [1.165, 1.54) is 35.9 Å². The fourth-order valence-electron chi connectivity index (χ4n) is 1.64. The number of nitrogens with zero attached hydrogens (tertiary/aromatic N) is 1. The monoisotopic (exact) mass is 204 g/mol. The molecule has 0 N–H and O–H groups in total. The van der Waals surface area contributed by atoms with Crippen molar-refractivity contribution >= 4 is 21.6 Å². The van der Waals surface area contributed by atoms with E-state index in [-0.39, 0.29) is 0 Å². The summed E-state index contributed by atoms with van der Waals surface area (Å²) in [6, 6.07) is 7.33. The average molecular weight is 204 g/mol. The third-order valence-electron chi connectivity index (χ3n) is 2.41. The molecule has 2 heteroatoms. The van der Waals surface area contributed by atoms with Crippen LogP contribution in [0.3, 0.4) is 0 Å². The lowest BCUT2D eigenvalue weighted by atomic mass is 10.1. The van der Waals surface area contributed by atoms with Gasteiger partial charge in [0.25, 0.3) is 0 Å². The molecule has 0 saturated heterocycles. The van der Waals surface area contributed by atoms with Crippen LogP contribution in [0.1, 0.15) is 31.7 Å². The van der Waals surface area contributed by atoms with Crippen molar-refractivity contribution in [2.75, 3.05) is 0 Å². The fraction of sp³-hybridized carbons (Fsp3) is 0.417. The Balaban J connectivity index is 2.19. The number of hydrogen-bond donors (Lipinski definition) is 0. The van der Waals surface area contributed by atoms with Crippen LogP contribution in [-0.2, 0) is 6.42 Å². The smallest absolute Gasteiger partial charge is 0.0893 e. The Labute approximate surface area is 88.8 Å². The maximum Gasteiger partial charge on any atom is 0.0893 e. The highest BCUT2D eigenvalue weighted by Crippen LogP contribution is 2.23. The van der Waals surface area contributed by atoms with Gasteiger partial charge in [0.05, 0.1) is 15.7 Å². The summed E-state index contributed by atoms with van der Waals surface area (Å²) >= 11 is 1.73. The van der Waals surface area contributed by atoms with Gasteiger partial charge in [-0.3, -0.25) is 0 Å². The summed E-state index contributed by atoms with van der Waals surface area (Å²) in [6.45, 7) is 2.24. The van der Waals surface area contributed by atoms with Gasteiger partial charge in [-0.2, -0.15) is 0 Å². The number of rotatable bonds is 4. The summed E-state index contributed by atoms with van der Waals surface area (Å²) in [5.41, 5.74) is 4.38. The van der Waals surface area contributed by atoms with Crippen LogP contribution in [0.15, 0.2) is 17.6 Å². The van der Waals surface area contributed by atoms with Gasteiger partial charge in [0.1, 0.15) is 0 Å². The molecule has 0 amide bonds. The van der Waals surface area contributed by atoms with Crippen LogP contribution in [0.5, 0.6) is 0 Å². The number of hydrogen-bond acceptors (Lipinski definition) is 2. The largest absolute Gasteiger partial charge is 0.244 e. The van der Waals surface area contributed by atoms with Gasteiger partial charge in [-0.25, -0.2) is 4.98 Å². The SMILES string of the molecule is CCCCCc1cc[c]c2ncsc12. The molecule has 2 rings (SSSR count). The van der Waals surface area contributed by atoms with Gasteiger partial charge >= 0.3 is 0 Å². The second-order valence-electron chi connectivity index (χ2n) is 3.49. The van der Waals surface area contributed by atoms with Crippen molar-refractivity contribution in [1.29, 1.82) is 0 Å². The second-order valence-corrected chi connectivity index (χ2v) is 4.34. The van der Waals surface area contributed by atoms with Crippen LogP contribution in [-0.4, -0.2) is 4.98 Å². The Morgan fingerprint density at radius 2 is 2.36 bits per heavy atom. The topological polar surface area (TPSA) is 12.9 Å². The van der Waals surface area contributed by atoms with Gasteiger partial charge in [0, 0.05) is 6.07 Å². The predicted molar refractivity (Wildman–Crippen MR) is 61.7 cm³/mol. The van der Waals surface area contributed by atoms with Crippen molar-refractivity contribution in [3.8, 4) is 0 Å². The summed E-state index contributed by atoms with van der Waals surface area (Å²) in [6.07, 6.45) is 5.07. The van der Waals surface area contributed by atoms with Crippen LogP contribution in [0.2, 0.25) is 0 Å². The fourth-order valence-corrected chi connectivity index (χ4v) is 2.44. The summed E-state index contributed by atoms with van der Waals surface area (Å²) in [5.74, 6) is 0. The van der Waals surface area contributed by atoms with E-state index in [0.29, 0.717) is 0 Å². The lowest BCUT2D eigenvalue weighted by Crippen LogP contribution is -1.85. The molecule has 1 aromatic carbocycles. The molecule has 0 unspecified atom stereocenters. The van der Waals surface area contributed by atoms with Gasteiger partial charge in [-0.15, -0.1) is 11.3 Å². The molecule has 1 radical (unpaired) electrons. The van der Waals surface area contributed by atoms with Crippen molar-refractivity contribution < 1.29 is 0 Å². The minimum atomic E-state index is 1.03. The minimum Gasteiger partial charge on any atom is -0.244 e. The highest BCUT2D eigenvalue weighted by Gasteiger charge is 2.02. The van der Waals surface area contributed by atoms with Gasteiger partial charge < -0.3 is 0 Å². The Hall–Kier alpha value is -0.890. The predicted octanol–water partition coefficient (Wildman–Crippen LogP) is 3.83. The molecule has 73 valence electrons. The number of thiazole rings is 1. The molecule has 0 spiro atoms. The summed E-state index contributed by atoms with van der Waals surface area (Å²) in [5, 5.41) is 0. The lowest BCUT2D eigenvalue weighted by Gasteiger charge is -2.00. The van der Waals surface area contributed by atoms with E-state index >= 15 is 0 Å². The Morgan fingerprint density at radius 3 is 3.21 bits per heavy atom. The molecule has 2 aromatic rings. The van der Waals surface area contributed by atoms with Crippen LogP contribution >= 0.6 is 11.3 Å². The van der Waals surface area contributed by atoms with E-state index < -0.39 is 0 Å². The first kappa shape index (κ1) is 9.66. The molecular formula is C12H14NS. The molecule has 14 heavy (non-hydrogen) atoms. The normalized spacial score (nSPS) is 10.9. The third kappa shape index (κ3) is 1.95. The molecule has 1 nitrogen and oxygen atoms in total. The zero-order chi connectivity index (χ0) is 9.80. The molecule has 1 heterocycles. The van der Waals surface area contributed by atoms with E-state index in [9.17, 15) is 0 Å². The van der Waals surface area contributed by atoms with Crippen molar-refractivity contribution in [3.05, 3.63) is 29.3 Å². The van der Waals surface area contributed by atoms with Gasteiger partial charge in [-0.1, -0.05) is 31.9 Å². The van der Waals surface area contributed by atoms with Crippen LogP contribution in [0.4, 0.5) is 0 Å². The first-order valence-electron chi connectivity index (χ1n) is 5.14. The van der Waals surface area contributed by atoms with Crippen LogP contribution < -0.4 is 0 Å². The minimum absolute atomic E-state index is 1.03. The third-order valence-corrected chi connectivity index (χ3v) is 3.32. The summed E-state index contributed by atoms with van der Waals surface area (Å²) in [7, 11) is 0. The summed E-state index contributed by atoms with van der Waals surface area (Å²) < 4.78 is 1.32. The lowest BCUT2D eigenvalue weighted by molar-refractivity contribution is 0.720. The highest BCUT2D eigenvalue weighted by molar-refractivity contribution is 7.16. The number of unbranched alkanes of at least 4 members (excludes halogenated alkanes) is 2. The quantitative estimate of drug-likeness (QED) is 0.690. The molecule has 0 bridgehead atoms. The van der Waals surface area contributed by atoms with Gasteiger partial charge in [0.2, 0.25) is 0 Å². The van der Waals surface area contributed by atoms with Crippen molar-refractivity contribution in [1.82, 2.24) is 4.98 Å². The van der Waals surface area contributed by atoms with E-state index in [1.54, 1.807) is 11.3 Å². The number of fused-ring (bicyclic) bond motifs is 1. The molecule has 0 fully saturated rings. The highest BCUT2D eigenvalue weighted by atomic mass is 32.1. The Kier molecular flexibility index (Phi) is 3.14. The number of aromatic nitrogens is 1.